The molecule has 0 bridgehead atoms. The van der Waals surface area contributed by atoms with Crippen LogP contribution in [0, 0.1) is 17.8 Å². The van der Waals surface area contributed by atoms with E-state index in [9.17, 15) is 9.90 Å². The summed E-state index contributed by atoms with van der Waals surface area (Å²) in [6.45, 7) is 14.7. The van der Waals surface area contributed by atoms with Crippen LogP contribution in [0.1, 0.15) is 67.7 Å². The first-order valence-electron chi connectivity index (χ1n) is 7.71. The van der Waals surface area contributed by atoms with Gasteiger partial charge in [-0.3, -0.25) is 0 Å². The Kier molecular flexibility index (Phi) is 8.52. The normalized spacial score (nSPS) is 14.2. The SMILES string of the molecule is CC(C)=CCC(CC(C)C)C(C)=C(CC(C)C)C(=O)O. The standard InChI is InChI=1S/C18H32O2/c1-12(2)8-9-16(10-13(3)4)15(7)17(18(19)20)11-14(5)6/h8,13-14,16H,9-11H2,1-7H3,(H,19,20). The minimum absolute atomic E-state index is 0.342. The van der Waals surface area contributed by atoms with Crippen molar-refractivity contribution >= 4 is 5.97 Å². The van der Waals surface area contributed by atoms with Crippen molar-refractivity contribution in [3.8, 4) is 0 Å². The summed E-state index contributed by atoms with van der Waals surface area (Å²) in [6.07, 6.45) is 4.88. The molecule has 0 amide bonds. The summed E-state index contributed by atoms with van der Waals surface area (Å²) >= 11 is 0. The van der Waals surface area contributed by atoms with Gasteiger partial charge in [-0.25, -0.2) is 4.79 Å². The summed E-state index contributed by atoms with van der Waals surface area (Å²) in [5, 5.41) is 9.48. The van der Waals surface area contributed by atoms with Crippen molar-refractivity contribution in [2.24, 2.45) is 17.8 Å². The molecule has 1 atom stereocenters. The average Bonchev–Trinajstić information content (AvgIpc) is 2.29. The topological polar surface area (TPSA) is 37.3 Å². The Hall–Kier alpha value is -1.05. The van der Waals surface area contributed by atoms with Gasteiger partial charge in [0.2, 0.25) is 0 Å². The number of rotatable bonds is 8. The largest absolute Gasteiger partial charge is 0.478 e. The van der Waals surface area contributed by atoms with Gasteiger partial charge >= 0.3 is 5.97 Å². The second-order valence-corrected chi connectivity index (χ2v) is 6.91. The molecule has 0 aromatic carbocycles. The lowest BCUT2D eigenvalue weighted by Crippen LogP contribution is -2.13. The molecule has 0 heterocycles. The molecule has 0 aliphatic carbocycles. The molecule has 2 nitrogen and oxygen atoms in total. The third-order valence-electron chi connectivity index (χ3n) is 3.53. The first-order chi connectivity index (χ1) is 9.15. The van der Waals surface area contributed by atoms with Crippen LogP contribution in [0.3, 0.4) is 0 Å². The quantitative estimate of drug-likeness (QED) is 0.474. The fraction of sp³-hybridized carbons (Fsp3) is 0.722. The molecule has 0 saturated heterocycles. The molecule has 0 rings (SSSR count). The van der Waals surface area contributed by atoms with Crippen molar-refractivity contribution in [1.29, 1.82) is 0 Å². The van der Waals surface area contributed by atoms with Gasteiger partial charge in [0.1, 0.15) is 0 Å². The van der Waals surface area contributed by atoms with Crippen LogP contribution in [0.2, 0.25) is 0 Å². The van der Waals surface area contributed by atoms with Crippen molar-refractivity contribution < 1.29 is 9.90 Å². The van der Waals surface area contributed by atoms with Crippen molar-refractivity contribution in [2.45, 2.75) is 67.7 Å². The number of hydrogen-bond donors (Lipinski definition) is 1. The van der Waals surface area contributed by atoms with Gasteiger partial charge < -0.3 is 5.11 Å². The molecule has 2 heteroatoms. The van der Waals surface area contributed by atoms with Gasteiger partial charge in [-0.1, -0.05) is 44.9 Å². The molecule has 116 valence electrons. The van der Waals surface area contributed by atoms with Crippen LogP contribution in [-0.2, 0) is 4.79 Å². The van der Waals surface area contributed by atoms with E-state index in [2.05, 4.69) is 47.6 Å². The van der Waals surface area contributed by atoms with E-state index >= 15 is 0 Å². The fourth-order valence-corrected chi connectivity index (χ4v) is 2.47. The first kappa shape index (κ1) is 18.9. The molecule has 0 fully saturated rings. The molecule has 0 aliphatic heterocycles. The second kappa shape index (κ2) is 8.99. The molecule has 0 aromatic rings. The van der Waals surface area contributed by atoms with Crippen LogP contribution in [-0.4, -0.2) is 11.1 Å². The van der Waals surface area contributed by atoms with Gasteiger partial charge in [-0.2, -0.15) is 0 Å². The van der Waals surface area contributed by atoms with Crippen molar-refractivity contribution in [1.82, 2.24) is 0 Å². The molecular formula is C18H32O2. The van der Waals surface area contributed by atoms with Crippen LogP contribution in [0.4, 0.5) is 0 Å². The van der Waals surface area contributed by atoms with Crippen LogP contribution in [0.25, 0.3) is 0 Å². The van der Waals surface area contributed by atoms with Crippen LogP contribution in [0.15, 0.2) is 22.8 Å². The summed E-state index contributed by atoms with van der Waals surface area (Å²) in [4.78, 5) is 11.5. The van der Waals surface area contributed by atoms with Gasteiger partial charge in [-0.15, -0.1) is 0 Å². The highest BCUT2D eigenvalue weighted by Crippen LogP contribution is 2.29. The summed E-state index contributed by atoms with van der Waals surface area (Å²) in [6, 6.07) is 0. The number of allylic oxidation sites excluding steroid dienone is 3. The Morgan fingerprint density at radius 1 is 1.05 bits per heavy atom. The first-order valence-corrected chi connectivity index (χ1v) is 7.71. The van der Waals surface area contributed by atoms with E-state index in [1.807, 2.05) is 6.92 Å². The predicted octanol–water partition coefficient (Wildman–Crippen LogP) is 5.45. The molecular weight excluding hydrogens is 248 g/mol. The minimum atomic E-state index is -0.748. The highest BCUT2D eigenvalue weighted by atomic mass is 16.4. The fourth-order valence-electron chi connectivity index (χ4n) is 2.47. The monoisotopic (exact) mass is 280 g/mol. The number of hydrogen-bond acceptors (Lipinski definition) is 1. The molecule has 0 radical (unpaired) electrons. The molecule has 0 saturated carbocycles. The summed E-state index contributed by atoms with van der Waals surface area (Å²) < 4.78 is 0. The molecule has 0 aliphatic rings. The highest BCUT2D eigenvalue weighted by molar-refractivity contribution is 5.87. The third-order valence-corrected chi connectivity index (χ3v) is 3.53. The minimum Gasteiger partial charge on any atom is -0.478 e. The maximum atomic E-state index is 11.5. The van der Waals surface area contributed by atoms with E-state index in [4.69, 9.17) is 0 Å². The van der Waals surface area contributed by atoms with E-state index in [0.29, 0.717) is 29.7 Å². The predicted molar refractivity (Wildman–Crippen MR) is 86.8 cm³/mol. The van der Waals surface area contributed by atoms with E-state index in [-0.39, 0.29) is 0 Å². The van der Waals surface area contributed by atoms with Gasteiger partial charge in [0.25, 0.3) is 0 Å². The summed E-state index contributed by atoms with van der Waals surface area (Å²) in [5.74, 6) is 0.547. The van der Waals surface area contributed by atoms with Crippen molar-refractivity contribution in [3.63, 3.8) is 0 Å². The Morgan fingerprint density at radius 2 is 1.60 bits per heavy atom. The summed E-state index contributed by atoms with van der Waals surface area (Å²) in [5.41, 5.74) is 2.98. The number of aliphatic carboxylic acids is 1. The zero-order chi connectivity index (χ0) is 15.9. The van der Waals surface area contributed by atoms with Crippen molar-refractivity contribution in [3.05, 3.63) is 22.8 Å². The van der Waals surface area contributed by atoms with E-state index in [1.165, 1.54) is 5.57 Å². The van der Waals surface area contributed by atoms with Crippen LogP contribution in [0.5, 0.6) is 0 Å². The zero-order valence-electron chi connectivity index (χ0n) is 14.3. The molecule has 1 N–H and O–H groups in total. The van der Waals surface area contributed by atoms with Gasteiger partial charge in [0, 0.05) is 5.57 Å². The van der Waals surface area contributed by atoms with Gasteiger partial charge in [0.05, 0.1) is 0 Å². The molecule has 0 aromatic heterocycles. The Bertz CT molecular complexity index is 369. The Labute approximate surface area is 125 Å². The maximum Gasteiger partial charge on any atom is 0.331 e. The van der Waals surface area contributed by atoms with Gasteiger partial charge in [0.15, 0.2) is 0 Å². The number of carboxylic acids is 1. The van der Waals surface area contributed by atoms with Gasteiger partial charge in [-0.05, 0) is 57.8 Å². The lowest BCUT2D eigenvalue weighted by molar-refractivity contribution is -0.133. The number of carboxylic acid groups (broad SMARTS) is 1. The smallest absolute Gasteiger partial charge is 0.331 e. The number of carbonyl (C=O) groups is 1. The van der Waals surface area contributed by atoms with Crippen LogP contribution < -0.4 is 0 Å². The second-order valence-electron chi connectivity index (χ2n) is 6.91. The Morgan fingerprint density at radius 3 is 1.95 bits per heavy atom. The highest BCUT2D eigenvalue weighted by Gasteiger charge is 2.20. The molecule has 1 unspecified atom stereocenters. The third kappa shape index (κ3) is 7.52. The summed E-state index contributed by atoms with van der Waals surface area (Å²) in [7, 11) is 0. The van der Waals surface area contributed by atoms with Crippen LogP contribution >= 0.6 is 0 Å². The van der Waals surface area contributed by atoms with Crippen molar-refractivity contribution in [2.75, 3.05) is 0 Å². The van der Waals surface area contributed by atoms with E-state index < -0.39 is 5.97 Å². The average molecular weight is 280 g/mol. The van der Waals surface area contributed by atoms with E-state index in [1.54, 1.807) is 0 Å². The van der Waals surface area contributed by atoms with E-state index in [0.717, 1.165) is 18.4 Å². The lowest BCUT2D eigenvalue weighted by Gasteiger charge is -2.22. The molecule has 0 spiro atoms. The zero-order valence-corrected chi connectivity index (χ0v) is 14.3. The lowest BCUT2D eigenvalue weighted by atomic mass is 9.83. The Balaban J connectivity index is 5.36. The maximum absolute atomic E-state index is 11.5. The molecule has 20 heavy (non-hydrogen) atoms.